The summed E-state index contributed by atoms with van der Waals surface area (Å²) in [5, 5.41) is 8.94. The number of carboxylic acid groups (broad SMARTS) is 1. The van der Waals surface area contributed by atoms with Gasteiger partial charge in [-0.1, -0.05) is 0 Å². The van der Waals surface area contributed by atoms with E-state index in [2.05, 4.69) is 4.72 Å². The minimum atomic E-state index is -3.56. The van der Waals surface area contributed by atoms with Crippen molar-refractivity contribution in [3.63, 3.8) is 0 Å². The van der Waals surface area contributed by atoms with Crippen LogP contribution in [-0.4, -0.2) is 38.7 Å². The van der Waals surface area contributed by atoms with Gasteiger partial charge in [0.25, 0.3) is 0 Å². The summed E-state index contributed by atoms with van der Waals surface area (Å²) in [4.78, 5) is 12.0. The van der Waals surface area contributed by atoms with Gasteiger partial charge in [-0.05, 0) is 43.7 Å². The van der Waals surface area contributed by atoms with Gasteiger partial charge in [0.05, 0.1) is 11.5 Å². The molecule has 1 aromatic heterocycles. The smallest absolute Gasteiger partial charge is 0.306 e. The van der Waals surface area contributed by atoms with E-state index in [1.165, 1.54) is 18.4 Å². The first kappa shape index (κ1) is 15.9. The monoisotopic (exact) mass is 345 g/mol. The molecule has 2 saturated carbocycles. The molecule has 122 valence electrons. The maximum absolute atomic E-state index is 12.3. The minimum absolute atomic E-state index is 0.103. The lowest BCUT2D eigenvalue weighted by molar-refractivity contribution is -0.161. The number of carboxylic acids is 1. The Hall–Kier alpha value is -0.960. The van der Waals surface area contributed by atoms with Crippen molar-refractivity contribution in [1.82, 2.24) is 4.72 Å². The number of sulfonamides is 1. The van der Waals surface area contributed by atoms with Crippen molar-refractivity contribution in [2.75, 3.05) is 13.7 Å². The fourth-order valence-corrected chi connectivity index (χ4v) is 5.41. The Balaban J connectivity index is 1.62. The number of ether oxygens (including phenoxy) is 1. The van der Waals surface area contributed by atoms with Crippen molar-refractivity contribution in [3.05, 3.63) is 17.0 Å². The van der Waals surface area contributed by atoms with Crippen LogP contribution in [0.2, 0.25) is 0 Å². The molecule has 8 heteroatoms. The standard InChI is InChI=1S/C14H19NO5S2/c1-20-14(6-10(7-14)13(16)17)8-15-22(18,19)12-5-4-11(21-12)9-2-3-9/h4-5,9-10,15H,2-3,6-8H2,1H3,(H,16,17). The zero-order chi connectivity index (χ0) is 16.0. The lowest BCUT2D eigenvalue weighted by atomic mass is 9.71. The second kappa shape index (κ2) is 5.59. The Labute approximate surface area is 133 Å². The first-order chi connectivity index (χ1) is 10.4. The number of carbonyl (C=O) groups is 1. The van der Waals surface area contributed by atoms with Crippen LogP contribution in [0.5, 0.6) is 0 Å². The van der Waals surface area contributed by atoms with E-state index in [4.69, 9.17) is 9.84 Å². The fraction of sp³-hybridized carbons (Fsp3) is 0.643. The summed E-state index contributed by atoms with van der Waals surface area (Å²) in [6.45, 7) is 0.103. The molecule has 3 rings (SSSR count). The molecule has 6 nitrogen and oxygen atoms in total. The molecule has 2 aliphatic carbocycles. The molecule has 2 N–H and O–H groups in total. The van der Waals surface area contributed by atoms with E-state index < -0.39 is 27.5 Å². The van der Waals surface area contributed by atoms with Gasteiger partial charge in [0, 0.05) is 18.5 Å². The lowest BCUT2D eigenvalue weighted by Gasteiger charge is -2.44. The average molecular weight is 345 g/mol. The third-order valence-electron chi connectivity index (χ3n) is 4.45. The van der Waals surface area contributed by atoms with E-state index in [0.717, 1.165) is 17.7 Å². The molecule has 2 aliphatic rings. The Morgan fingerprint density at radius 1 is 1.45 bits per heavy atom. The predicted octanol–water partition coefficient (Wildman–Crippen LogP) is 1.78. The van der Waals surface area contributed by atoms with Gasteiger partial charge in [-0.15, -0.1) is 11.3 Å². The summed E-state index contributed by atoms with van der Waals surface area (Å²) in [5.41, 5.74) is -0.702. The molecular weight excluding hydrogens is 326 g/mol. The van der Waals surface area contributed by atoms with Crippen LogP contribution in [0.3, 0.4) is 0 Å². The first-order valence-electron chi connectivity index (χ1n) is 7.23. The topological polar surface area (TPSA) is 92.7 Å². The van der Waals surface area contributed by atoms with E-state index in [1.54, 1.807) is 6.07 Å². The van der Waals surface area contributed by atoms with Crippen LogP contribution in [0.4, 0.5) is 0 Å². The second-order valence-corrected chi connectivity index (χ2v) is 9.20. The number of hydrogen-bond donors (Lipinski definition) is 2. The number of thiophene rings is 1. The number of aliphatic carboxylic acids is 1. The molecule has 0 aromatic carbocycles. The van der Waals surface area contributed by atoms with E-state index in [1.807, 2.05) is 6.07 Å². The number of rotatable bonds is 7. The van der Waals surface area contributed by atoms with Crippen molar-refractivity contribution >= 4 is 27.3 Å². The minimum Gasteiger partial charge on any atom is -0.481 e. The van der Waals surface area contributed by atoms with Gasteiger partial charge in [0.2, 0.25) is 10.0 Å². The van der Waals surface area contributed by atoms with Gasteiger partial charge in [-0.3, -0.25) is 4.79 Å². The van der Waals surface area contributed by atoms with Gasteiger partial charge in [-0.2, -0.15) is 0 Å². The third kappa shape index (κ3) is 3.05. The molecule has 2 fully saturated rings. The fourth-order valence-electron chi connectivity index (χ4n) is 2.76. The van der Waals surface area contributed by atoms with Crippen LogP contribution in [0.15, 0.2) is 16.3 Å². The lowest BCUT2D eigenvalue weighted by Crippen LogP contribution is -2.55. The highest BCUT2D eigenvalue weighted by atomic mass is 32.2. The maximum Gasteiger partial charge on any atom is 0.306 e. The second-order valence-electron chi connectivity index (χ2n) is 6.09. The Kier molecular flexibility index (Phi) is 4.05. The van der Waals surface area contributed by atoms with Crippen LogP contribution in [0, 0.1) is 5.92 Å². The van der Waals surface area contributed by atoms with Crippen LogP contribution in [0.25, 0.3) is 0 Å². The highest BCUT2D eigenvalue weighted by molar-refractivity contribution is 7.91. The SMILES string of the molecule is COC1(CNS(=O)(=O)c2ccc(C3CC3)s2)CC(C(=O)O)C1. The van der Waals surface area contributed by atoms with Crippen molar-refractivity contribution in [2.45, 2.75) is 41.4 Å². The largest absolute Gasteiger partial charge is 0.481 e. The molecule has 0 amide bonds. The zero-order valence-electron chi connectivity index (χ0n) is 12.2. The molecule has 0 saturated heterocycles. The summed E-state index contributed by atoms with van der Waals surface area (Å²) in [7, 11) is -2.07. The highest BCUT2D eigenvalue weighted by Gasteiger charge is 2.48. The Morgan fingerprint density at radius 3 is 2.68 bits per heavy atom. The summed E-state index contributed by atoms with van der Waals surface area (Å²) in [6.07, 6.45) is 2.94. The molecule has 22 heavy (non-hydrogen) atoms. The predicted molar refractivity (Wildman–Crippen MR) is 81.6 cm³/mol. The Morgan fingerprint density at radius 2 is 2.14 bits per heavy atom. The number of nitrogens with one attached hydrogen (secondary N) is 1. The maximum atomic E-state index is 12.3. The molecule has 1 aromatic rings. The van der Waals surface area contributed by atoms with Crippen molar-refractivity contribution < 1.29 is 23.1 Å². The van der Waals surface area contributed by atoms with Crippen molar-refractivity contribution in [2.24, 2.45) is 5.92 Å². The third-order valence-corrected chi connectivity index (χ3v) is 7.59. The van der Waals surface area contributed by atoms with Crippen LogP contribution >= 0.6 is 11.3 Å². The van der Waals surface area contributed by atoms with Crippen molar-refractivity contribution in [1.29, 1.82) is 0 Å². The normalized spacial score (nSPS) is 28.3. The van der Waals surface area contributed by atoms with E-state index >= 15 is 0 Å². The quantitative estimate of drug-likeness (QED) is 0.786. The molecule has 0 radical (unpaired) electrons. The molecule has 0 aliphatic heterocycles. The van der Waals surface area contributed by atoms with Gasteiger partial charge in [0.15, 0.2) is 0 Å². The van der Waals surface area contributed by atoms with Gasteiger partial charge < -0.3 is 9.84 Å². The van der Waals surface area contributed by atoms with Gasteiger partial charge in [0.1, 0.15) is 4.21 Å². The summed E-state index contributed by atoms with van der Waals surface area (Å²) < 4.78 is 32.9. The Bertz CT molecular complexity index is 671. The number of methoxy groups -OCH3 is 1. The van der Waals surface area contributed by atoms with E-state index in [9.17, 15) is 13.2 Å². The summed E-state index contributed by atoms with van der Waals surface area (Å²) in [6, 6.07) is 3.52. The average Bonchev–Trinajstić information content (AvgIpc) is 3.14. The van der Waals surface area contributed by atoms with Crippen LogP contribution in [-0.2, 0) is 19.6 Å². The molecule has 1 heterocycles. The van der Waals surface area contributed by atoms with E-state index in [0.29, 0.717) is 23.0 Å². The van der Waals surface area contributed by atoms with Crippen LogP contribution < -0.4 is 4.72 Å². The molecule has 0 unspecified atom stereocenters. The molecular formula is C14H19NO5S2. The zero-order valence-corrected chi connectivity index (χ0v) is 13.9. The highest BCUT2D eigenvalue weighted by Crippen LogP contribution is 2.44. The van der Waals surface area contributed by atoms with Gasteiger partial charge >= 0.3 is 5.97 Å². The molecule has 0 spiro atoms. The van der Waals surface area contributed by atoms with Crippen molar-refractivity contribution in [3.8, 4) is 0 Å². The molecule has 0 bridgehead atoms. The van der Waals surface area contributed by atoms with Crippen LogP contribution in [0.1, 0.15) is 36.5 Å². The summed E-state index contributed by atoms with van der Waals surface area (Å²) in [5.74, 6) is -0.780. The summed E-state index contributed by atoms with van der Waals surface area (Å²) >= 11 is 1.31. The van der Waals surface area contributed by atoms with Gasteiger partial charge in [-0.25, -0.2) is 13.1 Å². The number of hydrogen-bond acceptors (Lipinski definition) is 5. The molecule has 0 atom stereocenters. The van der Waals surface area contributed by atoms with E-state index in [-0.39, 0.29) is 6.54 Å². The first-order valence-corrected chi connectivity index (χ1v) is 9.52.